The Kier molecular flexibility index (Phi) is 8.26. The smallest absolute Gasteiger partial charge is 0.310 e. The first-order chi connectivity index (χ1) is 15.5. The fourth-order valence-corrected chi connectivity index (χ4v) is 2.89. The van der Waals surface area contributed by atoms with Crippen molar-refractivity contribution >= 4 is 17.6 Å². The molecule has 3 rings (SSSR count). The molecule has 3 aromatic carbocycles. The summed E-state index contributed by atoms with van der Waals surface area (Å²) in [4.78, 5) is 24.3. The summed E-state index contributed by atoms with van der Waals surface area (Å²) in [7, 11) is 0. The molecule has 0 aromatic heterocycles. The molecule has 6 nitrogen and oxygen atoms in total. The molecular weight excluding hydrogens is 406 g/mol. The largest absolute Gasteiger partial charge is 0.493 e. The molecule has 3 aromatic rings. The Labute approximate surface area is 188 Å². The van der Waals surface area contributed by atoms with E-state index in [4.69, 9.17) is 14.2 Å². The van der Waals surface area contributed by atoms with Crippen molar-refractivity contribution in [2.75, 3.05) is 11.9 Å². The lowest BCUT2D eigenvalue weighted by atomic mass is 10.2. The number of rotatable bonds is 10. The number of aryl methyl sites for hydroxylation is 1. The Morgan fingerprint density at radius 2 is 1.62 bits per heavy atom. The number of ether oxygens (including phenoxy) is 3. The second-order valence-electron chi connectivity index (χ2n) is 7.33. The topological polar surface area (TPSA) is 73.9 Å². The van der Waals surface area contributed by atoms with Crippen LogP contribution in [0.4, 0.5) is 5.69 Å². The number of benzene rings is 3. The van der Waals surface area contributed by atoms with Gasteiger partial charge in [0, 0.05) is 5.69 Å². The van der Waals surface area contributed by atoms with Crippen LogP contribution in [0.15, 0.2) is 78.9 Å². The van der Waals surface area contributed by atoms with Gasteiger partial charge in [-0.1, -0.05) is 42.5 Å². The quantitative estimate of drug-likeness (QED) is 0.460. The highest BCUT2D eigenvalue weighted by molar-refractivity contribution is 5.95. The van der Waals surface area contributed by atoms with Crippen LogP contribution in [0, 0.1) is 6.92 Å². The number of carbonyl (C=O) groups excluding carboxylic acids is 2. The van der Waals surface area contributed by atoms with E-state index >= 15 is 0 Å². The van der Waals surface area contributed by atoms with Crippen molar-refractivity contribution in [2.24, 2.45) is 0 Å². The van der Waals surface area contributed by atoms with Gasteiger partial charge in [-0.05, 0) is 61.4 Å². The lowest BCUT2D eigenvalue weighted by Gasteiger charge is -2.14. The van der Waals surface area contributed by atoms with Gasteiger partial charge in [-0.25, -0.2) is 0 Å². The third-order valence-corrected chi connectivity index (χ3v) is 4.61. The second-order valence-corrected chi connectivity index (χ2v) is 7.33. The molecule has 0 saturated heterocycles. The third-order valence-electron chi connectivity index (χ3n) is 4.61. The standard InChI is InChI=1S/C26H27NO5/c1-19-7-6-10-24(17-19)30-16-15-25(28)32-20(2)26(29)27-22-11-13-23(14-12-22)31-18-21-8-4-3-5-9-21/h3-14,17,20H,15-16,18H2,1-2H3,(H,27,29). The zero-order valence-corrected chi connectivity index (χ0v) is 18.2. The lowest BCUT2D eigenvalue weighted by Crippen LogP contribution is -2.30. The molecule has 166 valence electrons. The first-order valence-electron chi connectivity index (χ1n) is 10.5. The van der Waals surface area contributed by atoms with Crippen molar-refractivity contribution in [1.29, 1.82) is 0 Å². The minimum Gasteiger partial charge on any atom is -0.493 e. The second kappa shape index (κ2) is 11.6. The maximum Gasteiger partial charge on any atom is 0.310 e. The van der Waals surface area contributed by atoms with E-state index in [0.29, 0.717) is 23.8 Å². The lowest BCUT2D eigenvalue weighted by molar-refractivity contribution is -0.153. The number of hydrogen-bond donors (Lipinski definition) is 1. The van der Waals surface area contributed by atoms with Gasteiger partial charge >= 0.3 is 5.97 Å². The van der Waals surface area contributed by atoms with Crippen molar-refractivity contribution < 1.29 is 23.8 Å². The van der Waals surface area contributed by atoms with Crippen molar-refractivity contribution in [1.82, 2.24) is 0 Å². The number of esters is 1. The van der Waals surface area contributed by atoms with Gasteiger partial charge in [-0.15, -0.1) is 0 Å². The molecule has 32 heavy (non-hydrogen) atoms. The van der Waals surface area contributed by atoms with Crippen molar-refractivity contribution in [3.63, 3.8) is 0 Å². The molecule has 0 aliphatic heterocycles. The highest BCUT2D eigenvalue weighted by atomic mass is 16.5. The van der Waals surface area contributed by atoms with E-state index in [9.17, 15) is 9.59 Å². The SMILES string of the molecule is Cc1cccc(OCCC(=O)OC(C)C(=O)Nc2ccc(OCc3ccccc3)cc2)c1. The van der Waals surface area contributed by atoms with Gasteiger partial charge in [-0.2, -0.15) is 0 Å². The average molecular weight is 434 g/mol. The molecule has 1 unspecified atom stereocenters. The summed E-state index contributed by atoms with van der Waals surface area (Å²) in [5.74, 6) is 0.487. The van der Waals surface area contributed by atoms with Crippen LogP contribution in [0.3, 0.4) is 0 Å². The summed E-state index contributed by atoms with van der Waals surface area (Å²) < 4.78 is 16.5. The van der Waals surface area contributed by atoms with Gasteiger partial charge in [0.15, 0.2) is 6.10 Å². The molecule has 0 radical (unpaired) electrons. The molecule has 0 aliphatic rings. The predicted octanol–water partition coefficient (Wildman–Crippen LogP) is 4.91. The molecule has 6 heteroatoms. The molecule has 0 fully saturated rings. The van der Waals surface area contributed by atoms with Crippen molar-refractivity contribution in [3.8, 4) is 11.5 Å². The number of nitrogens with one attached hydrogen (secondary N) is 1. The molecule has 0 saturated carbocycles. The van der Waals surface area contributed by atoms with Crippen LogP contribution >= 0.6 is 0 Å². The van der Waals surface area contributed by atoms with E-state index in [1.165, 1.54) is 6.92 Å². The van der Waals surface area contributed by atoms with E-state index in [0.717, 1.165) is 11.1 Å². The minimum absolute atomic E-state index is 0.0546. The number of hydrogen-bond acceptors (Lipinski definition) is 5. The molecule has 0 heterocycles. The Balaban J connectivity index is 1.39. The monoisotopic (exact) mass is 433 g/mol. The van der Waals surface area contributed by atoms with Crippen LogP contribution < -0.4 is 14.8 Å². The van der Waals surface area contributed by atoms with Gasteiger partial charge in [0.05, 0.1) is 13.0 Å². The summed E-state index contributed by atoms with van der Waals surface area (Å²) in [6, 6.07) is 24.5. The summed E-state index contributed by atoms with van der Waals surface area (Å²) in [5.41, 5.74) is 2.74. The Bertz CT molecular complexity index is 1020. The molecule has 1 N–H and O–H groups in total. The zero-order chi connectivity index (χ0) is 22.8. The van der Waals surface area contributed by atoms with Crippen LogP contribution in [0.1, 0.15) is 24.5 Å². The Morgan fingerprint density at radius 1 is 0.875 bits per heavy atom. The Hall–Kier alpha value is -3.80. The fraction of sp³-hybridized carbons (Fsp3) is 0.231. The highest BCUT2D eigenvalue weighted by Gasteiger charge is 2.18. The number of carbonyl (C=O) groups is 2. The van der Waals surface area contributed by atoms with Crippen molar-refractivity contribution in [2.45, 2.75) is 33.0 Å². The van der Waals surface area contributed by atoms with E-state index in [1.54, 1.807) is 24.3 Å². The van der Waals surface area contributed by atoms with Gasteiger partial charge < -0.3 is 19.5 Å². The third kappa shape index (κ3) is 7.47. The van der Waals surface area contributed by atoms with E-state index < -0.39 is 18.0 Å². The normalized spacial score (nSPS) is 11.3. The summed E-state index contributed by atoms with van der Waals surface area (Å²) >= 11 is 0. The summed E-state index contributed by atoms with van der Waals surface area (Å²) in [6.07, 6.45) is -0.866. The van der Waals surface area contributed by atoms with Crippen molar-refractivity contribution in [3.05, 3.63) is 90.0 Å². The molecule has 0 aliphatic carbocycles. The zero-order valence-electron chi connectivity index (χ0n) is 18.2. The molecule has 1 atom stereocenters. The maximum absolute atomic E-state index is 12.3. The molecule has 0 bridgehead atoms. The van der Waals surface area contributed by atoms with Gasteiger partial charge in [0.2, 0.25) is 0 Å². The molecule has 1 amide bonds. The van der Waals surface area contributed by atoms with Gasteiger partial charge in [-0.3, -0.25) is 9.59 Å². The van der Waals surface area contributed by atoms with Crippen LogP contribution in [-0.4, -0.2) is 24.6 Å². The van der Waals surface area contributed by atoms with E-state index in [1.807, 2.05) is 61.5 Å². The van der Waals surface area contributed by atoms with Gasteiger partial charge in [0.1, 0.15) is 18.1 Å². The average Bonchev–Trinajstić information content (AvgIpc) is 2.79. The maximum atomic E-state index is 12.3. The highest BCUT2D eigenvalue weighted by Crippen LogP contribution is 2.18. The molecular formula is C26H27NO5. The van der Waals surface area contributed by atoms with Gasteiger partial charge in [0.25, 0.3) is 5.91 Å². The predicted molar refractivity (Wildman–Crippen MR) is 123 cm³/mol. The summed E-state index contributed by atoms with van der Waals surface area (Å²) in [5, 5.41) is 2.73. The first-order valence-corrected chi connectivity index (χ1v) is 10.5. The van der Waals surface area contributed by atoms with Crippen LogP contribution in [0.25, 0.3) is 0 Å². The molecule has 0 spiro atoms. The van der Waals surface area contributed by atoms with Crippen LogP contribution in [0.2, 0.25) is 0 Å². The van der Waals surface area contributed by atoms with Crippen LogP contribution in [-0.2, 0) is 20.9 Å². The minimum atomic E-state index is -0.921. The fourth-order valence-electron chi connectivity index (χ4n) is 2.89. The number of amides is 1. The van der Waals surface area contributed by atoms with E-state index in [2.05, 4.69) is 5.32 Å². The summed E-state index contributed by atoms with van der Waals surface area (Å²) in [6.45, 7) is 4.15. The van der Waals surface area contributed by atoms with E-state index in [-0.39, 0.29) is 13.0 Å². The first kappa shape index (κ1) is 22.9. The van der Waals surface area contributed by atoms with Crippen LogP contribution in [0.5, 0.6) is 11.5 Å². The Morgan fingerprint density at radius 3 is 2.34 bits per heavy atom. The number of anilines is 1.